The number of hydrogen-bond acceptors (Lipinski definition) is 4. The van der Waals surface area contributed by atoms with E-state index in [1.54, 1.807) is 7.11 Å². The lowest BCUT2D eigenvalue weighted by Gasteiger charge is -2.67. The quantitative estimate of drug-likeness (QED) is 0.308. The molecular weight excluding hydrogens is 476 g/mol. The number of carboxylic acid groups (broad SMARTS) is 1. The molecule has 0 bridgehead atoms. The van der Waals surface area contributed by atoms with Gasteiger partial charge in [-0.2, -0.15) is 0 Å². The molecule has 7 aliphatic rings. The molecule has 0 aromatic carbocycles. The van der Waals surface area contributed by atoms with Gasteiger partial charge in [-0.25, -0.2) is 0 Å². The molecule has 0 spiro atoms. The second-order valence-electron chi connectivity index (χ2n) is 14.8. The molecule has 1 N–H and O–H groups in total. The zero-order valence-electron chi connectivity index (χ0n) is 24.6. The van der Waals surface area contributed by atoms with E-state index in [1.807, 2.05) is 0 Å². The van der Waals surface area contributed by atoms with E-state index in [0.29, 0.717) is 34.7 Å². The number of carboxylic acids is 1. The first-order chi connectivity index (χ1) is 18.2. The van der Waals surface area contributed by atoms with Gasteiger partial charge >= 0.3 is 5.97 Å². The van der Waals surface area contributed by atoms with Crippen molar-refractivity contribution >= 4 is 12.3 Å². The summed E-state index contributed by atoms with van der Waals surface area (Å²) in [4.78, 5) is 21.8. The van der Waals surface area contributed by atoms with Gasteiger partial charge in [-0.15, -0.1) is 0 Å². The van der Waals surface area contributed by atoms with Crippen LogP contribution >= 0.6 is 0 Å². The van der Waals surface area contributed by atoms with Gasteiger partial charge in [0.2, 0.25) is 0 Å². The molecule has 38 heavy (non-hydrogen) atoms. The predicted octanol–water partition coefficient (Wildman–Crippen LogP) is 7.16. The molecule has 6 saturated carbocycles. The summed E-state index contributed by atoms with van der Waals surface area (Å²) in [6.07, 6.45) is 19.0. The van der Waals surface area contributed by atoms with E-state index in [-0.39, 0.29) is 5.41 Å². The van der Waals surface area contributed by atoms with Crippen molar-refractivity contribution in [2.45, 2.75) is 117 Å². The highest BCUT2D eigenvalue weighted by Gasteiger charge is 2.65. The fourth-order valence-electron chi connectivity index (χ4n) is 10.9. The van der Waals surface area contributed by atoms with Crippen LogP contribution in [0.3, 0.4) is 0 Å². The van der Waals surface area contributed by atoms with Gasteiger partial charge in [0.05, 0.1) is 18.6 Å². The number of aliphatic carboxylic acids is 1. The molecule has 0 aromatic rings. The summed E-state index contributed by atoms with van der Waals surface area (Å²) in [6, 6.07) is 0. The minimum Gasteiger partial charge on any atom is -0.481 e. The number of carbonyl (C=O) groups excluding carboxylic acids is 1. The van der Waals surface area contributed by atoms with Gasteiger partial charge in [0.15, 0.2) is 0 Å². The molecule has 0 aromatic heterocycles. The molecule has 5 nitrogen and oxygen atoms in total. The summed E-state index contributed by atoms with van der Waals surface area (Å²) >= 11 is 0. The van der Waals surface area contributed by atoms with Gasteiger partial charge < -0.3 is 19.4 Å². The van der Waals surface area contributed by atoms with E-state index < -0.39 is 5.97 Å². The van der Waals surface area contributed by atoms with Crippen molar-refractivity contribution in [2.24, 2.45) is 57.7 Å². The third-order valence-electron chi connectivity index (χ3n) is 12.9. The predicted molar refractivity (Wildman–Crippen MR) is 149 cm³/mol. The van der Waals surface area contributed by atoms with Crippen LogP contribution in [0, 0.1) is 57.7 Å². The van der Waals surface area contributed by atoms with Crippen molar-refractivity contribution in [2.75, 3.05) is 20.3 Å². The highest BCUT2D eigenvalue weighted by molar-refractivity contribution is 5.75. The van der Waals surface area contributed by atoms with Gasteiger partial charge in [-0.3, -0.25) is 4.79 Å². The summed E-state index contributed by atoms with van der Waals surface area (Å²) in [5.74, 6) is 4.68. The zero-order chi connectivity index (χ0) is 27.1. The van der Waals surface area contributed by atoms with Crippen molar-refractivity contribution in [3.63, 3.8) is 0 Å². The number of aldehydes is 1. The SMILES string of the molecule is CC1CCCC2(C)C1CCC1(C)C3CCC4(C(=O)O)CCCC4C3CCC21.COCC1CO1.O=CC1CC1. The Morgan fingerprint density at radius 1 is 0.895 bits per heavy atom. The van der Waals surface area contributed by atoms with Gasteiger partial charge in [0.1, 0.15) is 12.4 Å². The highest BCUT2D eigenvalue weighted by atomic mass is 16.6. The van der Waals surface area contributed by atoms with Gasteiger partial charge in [0, 0.05) is 13.0 Å². The lowest BCUT2D eigenvalue weighted by Crippen LogP contribution is -2.60. The minimum absolute atomic E-state index is 0.356. The molecule has 1 aliphatic heterocycles. The van der Waals surface area contributed by atoms with Crippen LogP contribution in [0.15, 0.2) is 0 Å². The van der Waals surface area contributed by atoms with Crippen LogP contribution in [-0.2, 0) is 19.1 Å². The Balaban J connectivity index is 0.000000221. The zero-order valence-corrected chi connectivity index (χ0v) is 24.6. The van der Waals surface area contributed by atoms with E-state index in [0.717, 1.165) is 75.3 Å². The topological polar surface area (TPSA) is 76.1 Å². The molecule has 216 valence electrons. The van der Waals surface area contributed by atoms with Crippen LogP contribution in [-0.4, -0.2) is 43.8 Å². The van der Waals surface area contributed by atoms with Crippen LogP contribution in [0.5, 0.6) is 0 Å². The van der Waals surface area contributed by atoms with Crippen molar-refractivity contribution in [3.05, 3.63) is 0 Å². The molecule has 0 amide bonds. The largest absolute Gasteiger partial charge is 0.481 e. The molecule has 0 radical (unpaired) electrons. The Morgan fingerprint density at radius 2 is 1.58 bits per heavy atom. The smallest absolute Gasteiger partial charge is 0.309 e. The van der Waals surface area contributed by atoms with Crippen LogP contribution in [0.2, 0.25) is 0 Å². The monoisotopic (exact) mass is 530 g/mol. The first-order valence-electron chi connectivity index (χ1n) is 16.0. The lowest BCUT2D eigenvalue weighted by molar-refractivity contribution is -0.190. The van der Waals surface area contributed by atoms with Gasteiger partial charge in [-0.1, -0.05) is 40.0 Å². The van der Waals surface area contributed by atoms with Crippen LogP contribution in [0.1, 0.15) is 111 Å². The first kappa shape index (κ1) is 28.6. The maximum atomic E-state index is 12.3. The Hall–Kier alpha value is -0.940. The van der Waals surface area contributed by atoms with Crippen LogP contribution in [0.25, 0.3) is 0 Å². The van der Waals surface area contributed by atoms with Crippen molar-refractivity contribution in [1.29, 1.82) is 0 Å². The second-order valence-corrected chi connectivity index (χ2v) is 14.8. The molecule has 5 heteroatoms. The number of epoxide rings is 1. The molecular formula is C33H54O5. The third-order valence-corrected chi connectivity index (χ3v) is 12.9. The van der Waals surface area contributed by atoms with E-state index in [9.17, 15) is 14.7 Å². The fraction of sp³-hybridized carbons (Fsp3) is 0.939. The first-order valence-corrected chi connectivity index (χ1v) is 16.0. The molecule has 10 atom stereocenters. The normalized spacial score (nSPS) is 48.4. The number of ether oxygens (including phenoxy) is 2. The standard InChI is InChI=1S/C25H40O2.C4H8O2.C4H6O/c1-16-6-4-12-23(2)18(16)10-14-24(3)19-11-15-25(22(26)27)13-5-7-20(25)17(19)8-9-21(23)24;1-5-2-4-3-6-4;5-3-4-1-2-4/h16-21H,4-15H2,1-3H3,(H,26,27);4H,2-3H2,1H3;3-4H,1-2H2. The number of fused-ring (bicyclic) bond motifs is 7. The summed E-state index contributed by atoms with van der Waals surface area (Å²) in [5.41, 5.74) is 0.663. The van der Waals surface area contributed by atoms with E-state index in [2.05, 4.69) is 20.8 Å². The summed E-state index contributed by atoms with van der Waals surface area (Å²) in [6.45, 7) is 9.50. The third kappa shape index (κ3) is 5.13. The summed E-state index contributed by atoms with van der Waals surface area (Å²) < 4.78 is 9.56. The number of methoxy groups -OCH3 is 1. The van der Waals surface area contributed by atoms with Gasteiger partial charge in [0.25, 0.3) is 0 Å². The van der Waals surface area contributed by atoms with Gasteiger partial charge in [-0.05, 0) is 117 Å². The van der Waals surface area contributed by atoms with Crippen molar-refractivity contribution < 1.29 is 24.2 Å². The second kappa shape index (κ2) is 11.1. The molecule has 7 fully saturated rings. The van der Waals surface area contributed by atoms with E-state index in [4.69, 9.17) is 9.47 Å². The Labute approximate surface area is 231 Å². The minimum atomic E-state index is -0.465. The average molecular weight is 531 g/mol. The van der Waals surface area contributed by atoms with Crippen LogP contribution in [0.4, 0.5) is 0 Å². The Bertz CT molecular complexity index is 850. The maximum Gasteiger partial charge on any atom is 0.309 e. The molecule has 1 heterocycles. The number of carbonyl (C=O) groups is 2. The summed E-state index contributed by atoms with van der Waals surface area (Å²) in [7, 11) is 1.68. The summed E-state index contributed by atoms with van der Waals surface area (Å²) in [5, 5.41) is 10.1. The highest BCUT2D eigenvalue weighted by Crippen LogP contribution is 2.71. The van der Waals surface area contributed by atoms with E-state index >= 15 is 0 Å². The fourth-order valence-corrected chi connectivity index (χ4v) is 10.9. The lowest BCUT2D eigenvalue weighted by atomic mass is 9.38. The van der Waals surface area contributed by atoms with Crippen molar-refractivity contribution in [3.8, 4) is 0 Å². The number of rotatable bonds is 4. The average Bonchev–Trinajstić information content (AvgIpc) is 3.83. The Kier molecular flexibility index (Phi) is 8.38. The number of hydrogen-bond donors (Lipinski definition) is 1. The molecule has 10 unspecified atom stereocenters. The Morgan fingerprint density at radius 3 is 2.16 bits per heavy atom. The van der Waals surface area contributed by atoms with Crippen molar-refractivity contribution in [1.82, 2.24) is 0 Å². The molecule has 6 aliphatic carbocycles. The molecule has 1 saturated heterocycles. The molecule has 7 rings (SSSR count). The van der Waals surface area contributed by atoms with Crippen LogP contribution < -0.4 is 0 Å². The maximum absolute atomic E-state index is 12.3. The van der Waals surface area contributed by atoms with E-state index in [1.165, 1.54) is 57.8 Å².